The maximum atomic E-state index is 13.4. The Labute approximate surface area is 167 Å². The van der Waals surface area contributed by atoms with Gasteiger partial charge in [-0.05, 0) is 50.8 Å². The highest BCUT2D eigenvalue weighted by Crippen LogP contribution is 2.48. The molecule has 2 aromatic carbocycles. The lowest BCUT2D eigenvalue weighted by Crippen LogP contribution is -2.51. The van der Waals surface area contributed by atoms with Crippen LogP contribution in [0.25, 0.3) is 0 Å². The summed E-state index contributed by atoms with van der Waals surface area (Å²) < 4.78 is 0. The Bertz CT molecular complexity index is 893. The molecule has 4 heteroatoms. The first-order valence-corrected chi connectivity index (χ1v) is 10.2. The summed E-state index contributed by atoms with van der Waals surface area (Å²) >= 11 is 0. The number of hydrogen-bond acceptors (Lipinski definition) is 2. The molecular weight excluding hydrogens is 348 g/mol. The van der Waals surface area contributed by atoms with Crippen LogP contribution in [0.2, 0.25) is 0 Å². The van der Waals surface area contributed by atoms with E-state index in [1.165, 1.54) is 5.56 Å². The average molecular weight is 377 g/mol. The predicted molar refractivity (Wildman–Crippen MR) is 111 cm³/mol. The summed E-state index contributed by atoms with van der Waals surface area (Å²) in [6.07, 6.45) is 1.83. The molecule has 2 amide bonds. The Hall–Kier alpha value is -2.62. The molecule has 1 spiro atoms. The Morgan fingerprint density at radius 2 is 1.68 bits per heavy atom. The van der Waals surface area contributed by atoms with Crippen molar-refractivity contribution < 1.29 is 9.59 Å². The van der Waals surface area contributed by atoms with E-state index in [4.69, 9.17) is 0 Å². The fourth-order valence-corrected chi connectivity index (χ4v) is 4.67. The third-order valence-corrected chi connectivity index (χ3v) is 6.27. The number of fused-ring (bicyclic) bond motifs is 2. The van der Waals surface area contributed by atoms with Crippen LogP contribution in [-0.2, 0) is 21.4 Å². The molecule has 0 N–H and O–H groups in total. The summed E-state index contributed by atoms with van der Waals surface area (Å²) in [7, 11) is 0. The fourth-order valence-electron chi connectivity index (χ4n) is 4.67. The molecule has 4 nitrogen and oxygen atoms in total. The highest BCUT2D eigenvalue weighted by atomic mass is 16.2. The number of amides is 2. The van der Waals surface area contributed by atoms with Gasteiger partial charge in [-0.2, -0.15) is 0 Å². The number of para-hydroxylation sites is 1. The summed E-state index contributed by atoms with van der Waals surface area (Å²) in [5, 5.41) is 0. The number of hydrogen-bond donors (Lipinski definition) is 0. The third-order valence-electron chi connectivity index (χ3n) is 6.27. The standard InChI is InChI=1S/C24H28N2O2/c1-17(2)26-21-7-5-4-6-20(21)24(23(26)28)12-14-25(15-13-24)22(27)16-19-10-8-18(3)9-11-19/h4-11,17H,12-16H2,1-3H3. The van der Waals surface area contributed by atoms with Gasteiger partial charge in [0.2, 0.25) is 11.8 Å². The van der Waals surface area contributed by atoms with E-state index in [0.717, 1.165) is 16.8 Å². The number of aryl methyl sites for hydroxylation is 1. The van der Waals surface area contributed by atoms with Crippen molar-refractivity contribution in [2.75, 3.05) is 18.0 Å². The quantitative estimate of drug-likeness (QED) is 0.816. The zero-order valence-corrected chi connectivity index (χ0v) is 16.9. The molecular formula is C24H28N2O2. The SMILES string of the molecule is Cc1ccc(CC(=O)N2CCC3(CC2)C(=O)N(C(C)C)c2ccccc23)cc1. The van der Waals surface area contributed by atoms with E-state index in [-0.39, 0.29) is 17.9 Å². The summed E-state index contributed by atoms with van der Waals surface area (Å²) in [5.41, 5.74) is 3.95. The number of piperidine rings is 1. The van der Waals surface area contributed by atoms with Crippen molar-refractivity contribution in [3.8, 4) is 0 Å². The zero-order valence-electron chi connectivity index (χ0n) is 16.9. The van der Waals surface area contributed by atoms with Gasteiger partial charge >= 0.3 is 0 Å². The molecule has 0 aliphatic carbocycles. The van der Waals surface area contributed by atoms with Crippen LogP contribution in [0.5, 0.6) is 0 Å². The maximum Gasteiger partial charge on any atom is 0.238 e. The summed E-state index contributed by atoms with van der Waals surface area (Å²) in [6, 6.07) is 16.4. The summed E-state index contributed by atoms with van der Waals surface area (Å²) in [6.45, 7) is 7.45. The average Bonchev–Trinajstić information content (AvgIpc) is 2.93. The third kappa shape index (κ3) is 3.01. The van der Waals surface area contributed by atoms with Crippen LogP contribution in [0.1, 0.15) is 43.4 Å². The predicted octanol–water partition coefficient (Wildman–Crippen LogP) is 3.85. The molecule has 0 unspecified atom stereocenters. The summed E-state index contributed by atoms with van der Waals surface area (Å²) in [4.78, 5) is 30.1. The lowest BCUT2D eigenvalue weighted by Gasteiger charge is -2.39. The van der Waals surface area contributed by atoms with Crippen LogP contribution in [0.15, 0.2) is 48.5 Å². The molecule has 2 aliphatic rings. The van der Waals surface area contributed by atoms with Crippen molar-refractivity contribution >= 4 is 17.5 Å². The van der Waals surface area contributed by atoms with Gasteiger partial charge in [-0.25, -0.2) is 0 Å². The van der Waals surface area contributed by atoms with E-state index in [2.05, 4.69) is 26.0 Å². The highest BCUT2D eigenvalue weighted by Gasteiger charge is 2.52. The second-order valence-electron chi connectivity index (χ2n) is 8.41. The number of nitrogens with zero attached hydrogens (tertiary/aromatic N) is 2. The molecule has 146 valence electrons. The van der Waals surface area contributed by atoms with Gasteiger partial charge in [0.15, 0.2) is 0 Å². The number of rotatable bonds is 3. The number of carbonyl (C=O) groups excluding carboxylic acids is 2. The Morgan fingerprint density at radius 1 is 1.04 bits per heavy atom. The number of likely N-dealkylation sites (tertiary alicyclic amines) is 1. The van der Waals surface area contributed by atoms with Crippen molar-refractivity contribution in [2.24, 2.45) is 0 Å². The van der Waals surface area contributed by atoms with Crippen molar-refractivity contribution in [2.45, 2.75) is 51.5 Å². The van der Waals surface area contributed by atoms with Gasteiger partial charge in [0, 0.05) is 24.8 Å². The molecule has 0 aromatic heterocycles. The van der Waals surface area contributed by atoms with Crippen molar-refractivity contribution in [3.05, 3.63) is 65.2 Å². The van der Waals surface area contributed by atoms with Gasteiger partial charge in [-0.3, -0.25) is 9.59 Å². The first kappa shape index (κ1) is 18.7. The Balaban J connectivity index is 1.51. The van der Waals surface area contributed by atoms with Gasteiger partial charge in [0.1, 0.15) is 0 Å². The largest absolute Gasteiger partial charge is 0.342 e. The molecule has 2 heterocycles. The van der Waals surface area contributed by atoms with Crippen LogP contribution in [-0.4, -0.2) is 35.8 Å². The molecule has 0 saturated carbocycles. The molecule has 2 aliphatic heterocycles. The fraction of sp³-hybridized carbons (Fsp3) is 0.417. The number of anilines is 1. The van der Waals surface area contributed by atoms with Crippen molar-refractivity contribution in [1.29, 1.82) is 0 Å². The Morgan fingerprint density at radius 3 is 2.32 bits per heavy atom. The van der Waals surface area contributed by atoms with E-state index >= 15 is 0 Å². The molecule has 0 bridgehead atoms. The van der Waals surface area contributed by atoms with Crippen molar-refractivity contribution in [3.63, 3.8) is 0 Å². The van der Waals surface area contributed by atoms with Crippen LogP contribution >= 0.6 is 0 Å². The second-order valence-corrected chi connectivity index (χ2v) is 8.41. The highest BCUT2D eigenvalue weighted by molar-refractivity contribution is 6.08. The normalized spacial score (nSPS) is 18.1. The smallest absolute Gasteiger partial charge is 0.238 e. The molecule has 4 rings (SSSR count). The van der Waals surface area contributed by atoms with Crippen molar-refractivity contribution in [1.82, 2.24) is 4.90 Å². The van der Waals surface area contributed by atoms with Crippen LogP contribution in [0.4, 0.5) is 5.69 Å². The minimum absolute atomic E-state index is 0.134. The minimum Gasteiger partial charge on any atom is -0.342 e. The monoisotopic (exact) mass is 376 g/mol. The maximum absolute atomic E-state index is 13.4. The topological polar surface area (TPSA) is 40.6 Å². The van der Waals surface area contributed by atoms with Gasteiger partial charge in [-0.15, -0.1) is 0 Å². The van der Waals surface area contributed by atoms with Crippen LogP contribution in [0.3, 0.4) is 0 Å². The first-order chi connectivity index (χ1) is 13.4. The first-order valence-electron chi connectivity index (χ1n) is 10.2. The van der Waals surface area contributed by atoms with Gasteiger partial charge in [0.05, 0.1) is 11.8 Å². The van der Waals surface area contributed by atoms with Gasteiger partial charge in [-0.1, -0.05) is 48.0 Å². The molecule has 1 fully saturated rings. The van der Waals surface area contributed by atoms with E-state index in [1.54, 1.807) is 0 Å². The van der Waals surface area contributed by atoms with E-state index in [1.807, 2.05) is 53.1 Å². The van der Waals surface area contributed by atoms with E-state index < -0.39 is 5.41 Å². The second kappa shape index (κ2) is 7.08. The molecule has 28 heavy (non-hydrogen) atoms. The Kier molecular flexibility index (Phi) is 4.74. The van der Waals surface area contributed by atoms with Crippen LogP contribution < -0.4 is 4.90 Å². The lowest BCUT2D eigenvalue weighted by molar-refractivity contribution is -0.135. The van der Waals surface area contributed by atoms with Crippen LogP contribution in [0, 0.1) is 6.92 Å². The minimum atomic E-state index is -0.471. The molecule has 1 saturated heterocycles. The summed E-state index contributed by atoms with van der Waals surface area (Å²) in [5.74, 6) is 0.354. The van der Waals surface area contributed by atoms with Gasteiger partial charge < -0.3 is 9.80 Å². The molecule has 0 atom stereocenters. The lowest BCUT2D eigenvalue weighted by atomic mass is 9.73. The molecule has 0 radical (unpaired) electrons. The van der Waals surface area contributed by atoms with E-state index in [0.29, 0.717) is 32.4 Å². The van der Waals surface area contributed by atoms with Gasteiger partial charge in [0.25, 0.3) is 0 Å². The van der Waals surface area contributed by atoms with E-state index in [9.17, 15) is 9.59 Å². The number of carbonyl (C=O) groups is 2. The number of benzene rings is 2. The molecule has 2 aromatic rings. The zero-order chi connectivity index (χ0) is 19.9.